The fourth-order valence-corrected chi connectivity index (χ4v) is 10.6. The molecule has 0 aromatic carbocycles. The zero-order valence-electron chi connectivity index (χ0n) is 24.7. The van der Waals surface area contributed by atoms with Crippen molar-refractivity contribution in [2.24, 2.45) is 45.8 Å². The van der Waals surface area contributed by atoms with Crippen molar-refractivity contribution in [3.63, 3.8) is 0 Å². The maximum atomic E-state index is 13.8. The van der Waals surface area contributed by atoms with Crippen LogP contribution in [0.15, 0.2) is 0 Å². The highest BCUT2D eigenvalue weighted by Gasteiger charge is 2.67. The number of hydrogen-bond acceptors (Lipinski definition) is 8. The first-order valence-electron chi connectivity index (χ1n) is 15.3. The molecule has 9 heteroatoms. The minimum absolute atomic E-state index is 0.0153. The van der Waals surface area contributed by atoms with E-state index in [1.54, 1.807) is 0 Å². The number of hydrogen-bond donors (Lipinski definition) is 0. The molecule has 1 aliphatic heterocycles. The molecule has 1 unspecified atom stereocenters. The molecular formula is C31H47NO7S. The van der Waals surface area contributed by atoms with E-state index >= 15 is 0 Å². The van der Waals surface area contributed by atoms with Crippen LogP contribution in [-0.2, 0) is 33.8 Å². The van der Waals surface area contributed by atoms with Crippen molar-refractivity contribution in [1.29, 1.82) is 0 Å². The van der Waals surface area contributed by atoms with Gasteiger partial charge in [0.15, 0.2) is 9.84 Å². The second-order valence-corrected chi connectivity index (χ2v) is 16.9. The van der Waals surface area contributed by atoms with Crippen LogP contribution >= 0.6 is 0 Å². The third kappa shape index (κ3) is 5.23. The Morgan fingerprint density at radius 1 is 1.07 bits per heavy atom. The Kier molecular flexibility index (Phi) is 7.90. The Bertz CT molecular complexity index is 1170. The van der Waals surface area contributed by atoms with Crippen LogP contribution in [0, 0.1) is 45.8 Å². The fourth-order valence-electron chi connectivity index (χ4n) is 9.32. The lowest BCUT2D eigenvalue weighted by Gasteiger charge is -2.62. The van der Waals surface area contributed by atoms with E-state index in [1.165, 1.54) is 0 Å². The Balaban J connectivity index is 1.17. The molecule has 224 valence electrons. The predicted octanol–water partition coefficient (Wildman–Crippen LogP) is 3.65. The van der Waals surface area contributed by atoms with Crippen molar-refractivity contribution in [3.05, 3.63) is 0 Å². The van der Waals surface area contributed by atoms with Crippen molar-refractivity contribution < 1.29 is 32.3 Å². The Morgan fingerprint density at radius 2 is 1.77 bits per heavy atom. The number of esters is 1. The van der Waals surface area contributed by atoms with Gasteiger partial charge in [-0.3, -0.25) is 24.1 Å². The highest BCUT2D eigenvalue weighted by atomic mass is 32.2. The van der Waals surface area contributed by atoms with Gasteiger partial charge in [-0.05, 0) is 60.2 Å². The van der Waals surface area contributed by atoms with E-state index in [9.17, 15) is 27.6 Å². The molecule has 0 aromatic heterocycles. The summed E-state index contributed by atoms with van der Waals surface area (Å²) in [4.78, 5) is 54.4. The lowest BCUT2D eigenvalue weighted by Crippen LogP contribution is -2.62. The van der Waals surface area contributed by atoms with Crippen LogP contribution in [0.25, 0.3) is 0 Å². The molecule has 8 nitrogen and oxygen atoms in total. The molecule has 0 aromatic rings. The average Bonchev–Trinajstić information content (AvgIpc) is 3.24. The second kappa shape index (κ2) is 10.6. The number of ether oxygens (including phenoxy) is 1. The standard InChI is InChI=1S/C31H47NO7S/c1-20(5-6-27(36)39-12-9-32-10-13-40(37,38)14-11-32)21-15-23-28-24(16-26(35)30(23,3)17-21)31(4)8-7-22(33)18-29(31,2)19-25(28)34/h20-21,23-24,28H,5-19H2,1-4H3/t20-,21-,23-,24?,28-,29-,30+,31+/m1/s1. The summed E-state index contributed by atoms with van der Waals surface area (Å²) < 4.78 is 28.6. The van der Waals surface area contributed by atoms with Gasteiger partial charge in [0, 0.05) is 63.1 Å². The molecule has 40 heavy (non-hydrogen) atoms. The highest BCUT2D eigenvalue weighted by molar-refractivity contribution is 7.91. The molecule has 1 heterocycles. The molecule has 4 aliphatic carbocycles. The van der Waals surface area contributed by atoms with Gasteiger partial charge in [0.2, 0.25) is 0 Å². The second-order valence-electron chi connectivity index (χ2n) is 14.5. The summed E-state index contributed by atoms with van der Waals surface area (Å²) in [5.74, 6) is 1.33. The lowest BCUT2D eigenvalue weighted by atomic mass is 9.40. The average molecular weight is 578 g/mol. The summed E-state index contributed by atoms with van der Waals surface area (Å²) in [5, 5.41) is 0. The highest BCUT2D eigenvalue weighted by Crippen LogP contribution is 2.68. The third-order valence-corrected chi connectivity index (χ3v) is 13.9. The molecule has 5 rings (SSSR count). The quantitative estimate of drug-likeness (QED) is 0.421. The molecule has 4 saturated carbocycles. The first-order valence-corrected chi connectivity index (χ1v) is 17.2. The molecule has 5 aliphatic rings. The number of rotatable bonds is 7. The number of nitrogens with zero attached hydrogens (tertiary/aromatic N) is 1. The van der Waals surface area contributed by atoms with Crippen LogP contribution in [0.4, 0.5) is 0 Å². The van der Waals surface area contributed by atoms with Crippen molar-refractivity contribution in [2.75, 3.05) is 37.7 Å². The minimum Gasteiger partial charge on any atom is -0.464 e. The monoisotopic (exact) mass is 577 g/mol. The summed E-state index contributed by atoms with van der Waals surface area (Å²) in [7, 11) is -2.92. The minimum atomic E-state index is -2.92. The van der Waals surface area contributed by atoms with Gasteiger partial charge in [0.1, 0.15) is 24.0 Å². The van der Waals surface area contributed by atoms with Crippen molar-refractivity contribution in [2.45, 2.75) is 85.5 Å². The van der Waals surface area contributed by atoms with Gasteiger partial charge in [-0.1, -0.05) is 27.7 Å². The van der Waals surface area contributed by atoms with E-state index in [4.69, 9.17) is 4.74 Å². The van der Waals surface area contributed by atoms with Gasteiger partial charge < -0.3 is 4.74 Å². The van der Waals surface area contributed by atoms with Gasteiger partial charge in [0.25, 0.3) is 0 Å². The van der Waals surface area contributed by atoms with E-state index in [0.717, 1.165) is 19.3 Å². The zero-order chi connectivity index (χ0) is 29.1. The molecule has 0 spiro atoms. The SMILES string of the molecule is C[C@H](CCC(=O)OCCN1CCS(=O)(=O)CC1)[C@@H]1C[C@@H]2[C@H]3C(=O)C[C@@]4(C)CC(=O)CC[C@@]4(C)C3CC(=O)[C@@]2(C)C1. The van der Waals surface area contributed by atoms with Crippen molar-refractivity contribution >= 4 is 33.2 Å². The first kappa shape index (κ1) is 29.9. The van der Waals surface area contributed by atoms with Gasteiger partial charge in [0.05, 0.1) is 11.5 Å². The number of sulfone groups is 1. The summed E-state index contributed by atoms with van der Waals surface area (Å²) in [6.07, 6.45) is 5.27. The molecule has 0 radical (unpaired) electrons. The van der Waals surface area contributed by atoms with Crippen LogP contribution in [0.1, 0.15) is 85.5 Å². The van der Waals surface area contributed by atoms with E-state index in [-0.39, 0.29) is 81.9 Å². The van der Waals surface area contributed by atoms with Crippen LogP contribution in [0.2, 0.25) is 0 Å². The Hall–Kier alpha value is -1.61. The third-order valence-electron chi connectivity index (χ3n) is 12.3. The van der Waals surface area contributed by atoms with E-state index in [2.05, 4.69) is 27.7 Å². The summed E-state index contributed by atoms with van der Waals surface area (Å²) >= 11 is 0. The molecule has 0 amide bonds. The molecule has 8 atom stereocenters. The van der Waals surface area contributed by atoms with Crippen molar-refractivity contribution in [1.82, 2.24) is 4.90 Å². The molecular weight excluding hydrogens is 530 g/mol. The Morgan fingerprint density at radius 3 is 2.48 bits per heavy atom. The molecule has 5 fully saturated rings. The number of carbonyl (C=O) groups is 4. The van der Waals surface area contributed by atoms with Crippen LogP contribution in [0.3, 0.4) is 0 Å². The number of Topliss-reactive ketones (excluding diaryl/α,β-unsaturated/α-hetero) is 3. The van der Waals surface area contributed by atoms with E-state index in [1.807, 2.05) is 4.90 Å². The predicted molar refractivity (Wildman–Crippen MR) is 150 cm³/mol. The van der Waals surface area contributed by atoms with Gasteiger partial charge >= 0.3 is 5.97 Å². The van der Waals surface area contributed by atoms with Gasteiger partial charge in [-0.2, -0.15) is 0 Å². The normalized spacial score (nSPS) is 42.0. The molecule has 1 saturated heterocycles. The fraction of sp³-hybridized carbons (Fsp3) is 0.871. The van der Waals surface area contributed by atoms with E-state index in [0.29, 0.717) is 58.2 Å². The lowest BCUT2D eigenvalue weighted by molar-refractivity contribution is -0.175. The Labute approximate surface area is 239 Å². The maximum Gasteiger partial charge on any atom is 0.305 e. The van der Waals surface area contributed by atoms with E-state index < -0.39 is 15.3 Å². The topological polar surface area (TPSA) is 115 Å². The zero-order valence-corrected chi connectivity index (χ0v) is 25.5. The van der Waals surface area contributed by atoms with Gasteiger partial charge in [-0.15, -0.1) is 0 Å². The number of fused-ring (bicyclic) bond motifs is 5. The number of ketones is 3. The molecule has 0 bridgehead atoms. The first-order chi connectivity index (χ1) is 18.7. The van der Waals surface area contributed by atoms with Crippen LogP contribution in [-0.4, -0.2) is 74.4 Å². The van der Waals surface area contributed by atoms with Crippen LogP contribution < -0.4 is 0 Å². The summed E-state index contributed by atoms with van der Waals surface area (Å²) in [6.45, 7) is 10.4. The summed E-state index contributed by atoms with van der Waals surface area (Å²) in [6, 6.07) is 0. The number of carbonyl (C=O) groups excluding carboxylic acids is 4. The maximum absolute atomic E-state index is 13.8. The summed E-state index contributed by atoms with van der Waals surface area (Å²) in [5.41, 5.74) is -1.02. The smallest absolute Gasteiger partial charge is 0.305 e. The molecule has 0 N–H and O–H groups in total. The largest absolute Gasteiger partial charge is 0.464 e. The van der Waals surface area contributed by atoms with Crippen molar-refractivity contribution in [3.8, 4) is 0 Å². The van der Waals surface area contributed by atoms with Gasteiger partial charge in [-0.25, -0.2) is 8.42 Å². The van der Waals surface area contributed by atoms with Crippen LogP contribution in [0.5, 0.6) is 0 Å².